The van der Waals surface area contributed by atoms with Crippen LogP contribution < -0.4 is 0 Å². The molecule has 3 aromatic rings. The van der Waals surface area contributed by atoms with Gasteiger partial charge in [0, 0.05) is 0 Å². The Morgan fingerprint density at radius 2 is 1.72 bits per heavy atom. The predicted octanol–water partition coefficient (Wildman–Crippen LogP) is 4.29. The number of thiazole rings is 1. The van der Waals surface area contributed by atoms with Crippen LogP contribution in [0, 0.1) is 13.8 Å². The van der Waals surface area contributed by atoms with Crippen molar-refractivity contribution in [3.8, 4) is 16.3 Å². The average molecular weight is 255 g/mol. The first-order valence-electron chi connectivity index (χ1n) is 5.81. The fourth-order valence-electron chi connectivity index (χ4n) is 1.97. The third kappa shape index (κ3) is 1.87. The van der Waals surface area contributed by atoms with Gasteiger partial charge in [-0.05, 0) is 49.2 Å². The molecule has 1 heterocycles. The summed E-state index contributed by atoms with van der Waals surface area (Å²) < 4.78 is 1.16. The van der Waals surface area contributed by atoms with Crippen LogP contribution in [0.1, 0.15) is 11.1 Å². The maximum absolute atomic E-state index is 9.99. The molecule has 0 atom stereocenters. The van der Waals surface area contributed by atoms with Gasteiger partial charge in [-0.15, -0.1) is 11.3 Å². The lowest BCUT2D eigenvalue weighted by molar-refractivity contribution is 0.477. The van der Waals surface area contributed by atoms with Crippen LogP contribution in [0.2, 0.25) is 0 Å². The van der Waals surface area contributed by atoms with Crippen molar-refractivity contribution in [3.05, 3.63) is 47.5 Å². The van der Waals surface area contributed by atoms with Crippen molar-refractivity contribution >= 4 is 21.6 Å². The lowest BCUT2D eigenvalue weighted by atomic mass is 10.1. The number of aromatic nitrogens is 1. The van der Waals surface area contributed by atoms with E-state index in [-0.39, 0.29) is 0 Å². The van der Waals surface area contributed by atoms with Gasteiger partial charge in [-0.3, -0.25) is 0 Å². The number of phenolic OH excluding ortho intramolecular Hbond substituents is 1. The van der Waals surface area contributed by atoms with Crippen LogP contribution in [-0.2, 0) is 0 Å². The quantitative estimate of drug-likeness (QED) is 0.703. The summed E-state index contributed by atoms with van der Waals surface area (Å²) >= 11 is 1.61. The van der Waals surface area contributed by atoms with Gasteiger partial charge < -0.3 is 5.11 Å². The standard InChI is InChI=1S/C15H13NOS/c1-9-3-5-11(13(17)7-9)15-16-12-6-4-10(2)8-14(12)18-15/h3-8,17H,1-2H3. The predicted molar refractivity (Wildman–Crippen MR) is 76.2 cm³/mol. The Bertz CT molecular complexity index is 730. The molecule has 2 nitrogen and oxygen atoms in total. The van der Waals surface area contributed by atoms with E-state index in [2.05, 4.69) is 24.0 Å². The van der Waals surface area contributed by atoms with Crippen molar-refractivity contribution in [1.29, 1.82) is 0 Å². The summed E-state index contributed by atoms with van der Waals surface area (Å²) in [6, 6.07) is 11.9. The van der Waals surface area contributed by atoms with Gasteiger partial charge in [0.2, 0.25) is 0 Å². The van der Waals surface area contributed by atoms with E-state index in [1.54, 1.807) is 17.4 Å². The molecule has 1 aromatic heterocycles. The number of nitrogens with zero attached hydrogens (tertiary/aromatic N) is 1. The van der Waals surface area contributed by atoms with Gasteiger partial charge in [-0.25, -0.2) is 4.98 Å². The van der Waals surface area contributed by atoms with Crippen LogP contribution in [0.15, 0.2) is 36.4 Å². The normalized spacial score (nSPS) is 11.0. The second-order valence-electron chi connectivity index (χ2n) is 4.51. The minimum atomic E-state index is 0.297. The molecule has 2 aromatic carbocycles. The van der Waals surface area contributed by atoms with Crippen LogP contribution in [0.5, 0.6) is 5.75 Å². The van der Waals surface area contributed by atoms with Gasteiger partial charge >= 0.3 is 0 Å². The number of rotatable bonds is 1. The average Bonchev–Trinajstić information content (AvgIpc) is 2.71. The van der Waals surface area contributed by atoms with E-state index in [0.717, 1.165) is 26.4 Å². The highest BCUT2D eigenvalue weighted by atomic mass is 32.1. The van der Waals surface area contributed by atoms with E-state index in [0.29, 0.717) is 5.75 Å². The maximum atomic E-state index is 9.99. The summed E-state index contributed by atoms with van der Waals surface area (Å²) in [7, 11) is 0. The second kappa shape index (κ2) is 4.10. The lowest BCUT2D eigenvalue weighted by Gasteiger charge is -2.01. The number of benzene rings is 2. The first-order valence-corrected chi connectivity index (χ1v) is 6.62. The molecule has 0 fully saturated rings. The maximum Gasteiger partial charge on any atom is 0.128 e. The smallest absolute Gasteiger partial charge is 0.128 e. The topological polar surface area (TPSA) is 33.1 Å². The Morgan fingerprint density at radius 1 is 1.00 bits per heavy atom. The van der Waals surface area contributed by atoms with E-state index in [1.165, 1.54) is 5.56 Å². The molecule has 0 aliphatic rings. The monoisotopic (exact) mass is 255 g/mol. The molecule has 0 bridgehead atoms. The summed E-state index contributed by atoms with van der Waals surface area (Å²) in [5.74, 6) is 0.297. The van der Waals surface area contributed by atoms with Gasteiger partial charge in [0.05, 0.1) is 15.8 Å². The first-order chi connectivity index (χ1) is 8.63. The van der Waals surface area contributed by atoms with Gasteiger partial charge in [0.15, 0.2) is 0 Å². The third-order valence-electron chi connectivity index (χ3n) is 2.93. The molecule has 90 valence electrons. The van der Waals surface area contributed by atoms with E-state index >= 15 is 0 Å². The minimum Gasteiger partial charge on any atom is -0.507 e. The molecule has 0 saturated heterocycles. The van der Waals surface area contributed by atoms with Gasteiger partial charge in [-0.1, -0.05) is 12.1 Å². The third-order valence-corrected chi connectivity index (χ3v) is 3.98. The summed E-state index contributed by atoms with van der Waals surface area (Å²) in [6.45, 7) is 4.04. The molecule has 0 aliphatic heterocycles. The zero-order valence-electron chi connectivity index (χ0n) is 10.3. The number of aromatic hydroxyl groups is 1. The highest BCUT2D eigenvalue weighted by Gasteiger charge is 2.10. The largest absolute Gasteiger partial charge is 0.507 e. The summed E-state index contributed by atoms with van der Waals surface area (Å²) in [6.07, 6.45) is 0. The SMILES string of the molecule is Cc1ccc(-c2nc3ccc(C)cc3s2)c(O)c1. The highest BCUT2D eigenvalue weighted by Crippen LogP contribution is 2.35. The molecule has 0 aliphatic carbocycles. The second-order valence-corrected chi connectivity index (χ2v) is 5.54. The Morgan fingerprint density at radius 3 is 2.50 bits per heavy atom. The minimum absolute atomic E-state index is 0.297. The zero-order chi connectivity index (χ0) is 12.7. The van der Waals surface area contributed by atoms with E-state index < -0.39 is 0 Å². The van der Waals surface area contributed by atoms with E-state index in [4.69, 9.17) is 0 Å². The number of hydrogen-bond donors (Lipinski definition) is 1. The number of aryl methyl sites for hydroxylation is 2. The van der Waals surface area contributed by atoms with Crippen molar-refractivity contribution in [3.63, 3.8) is 0 Å². The van der Waals surface area contributed by atoms with Gasteiger partial charge in [-0.2, -0.15) is 0 Å². The van der Waals surface area contributed by atoms with Crippen LogP contribution in [0.3, 0.4) is 0 Å². The highest BCUT2D eigenvalue weighted by molar-refractivity contribution is 7.21. The van der Waals surface area contributed by atoms with Crippen molar-refractivity contribution in [2.45, 2.75) is 13.8 Å². The summed E-state index contributed by atoms with van der Waals surface area (Å²) in [4.78, 5) is 4.57. The van der Waals surface area contributed by atoms with Crippen LogP contribution in [-0.4, -0.2) is 10.1 Å². The van der Waals surface area contributed by atoms with Crippen molar-refractivity contribution < 1.29 is 5.11 Å². The molecular weight excluding hydrogens is 242 g/mol. The van der Waals surface area contributed by atoms with Crippen molar-refractivity contribution in [2.24, 2.45) is 0 Å². The Hall–Kier alpha value is -1.87. The molecule has 0 unspecified atom stereocenters. The van der Waals surface area contributed by atoms with Crippen LogP contribution >= 0.6 is 11.3 Å². The van der Waals surface area contributed by atoms with Gasteiger partial charge in [0.25, 0.3) is 0 Å². The van der Waals surface area contributed by atoms with E-state index in [1.807, 2.05) is 25.1 Å². The molecular formula is C15H13NOS. The Balaban J connectivity index is 2.19. The molecule has 1 N–H and O–H groups in total. The molecule has 0 amide bonds. The zero-order valence-corrected chi connectivity index (χ0v) is 11.1. The molecule has 0 radical (unpaired) electrons. The van der Waals surface area contributed by atoms with Crippen molar-refractivity contribution in [1.82, 2.24) is 4.98 Å². The molecule has 0 saturated carbocycles. The Kier molecular flexibility index (Phi) is 2.56. The number of phenols is 1. The van der Waals surface area contributed by atoms with Crippen LogP contribution in [0.25, 0.3) is 20.8 Å². The molecule has 0 spiro atoms. The molecule has 18 heavy (non-hydrogen) atoms. The summed E-state index contributed by atoms with van der Waals surface area (Å²) in [5, 5.41) is 10.9. The lowest BCUT2D eigenvalue weighted by Crippen LogP contribution is -1.79. The van der Waals surface area contributed by atoms with Gasteiger partial charge in [0.1, 0.15) is 10.8 Å². The van der Waals surface area contributed by atoms with Crippen molar-refractivity contribution in [2.75, 3.05) is 0 Å². The molecule has 3 rings (SSSR count). The fraction of sp³-hybridized carbons (Fsp3) is 0.133. The first kappa shape index (κ1) is 11.2. The van der Waals surface area contributed by atoms with Crippen LogP contribution in [0.4, 0.5) is 0 Å². The Labute approximate surface area is 110 Å². The molecule has 3 heteroatoms. The number of fused-ring (bicyclic) bond motifs is 1. The fourth-order valence-corrected chi connectivity index (χ4v) is 3.07. The number of hydrogen-bond acceptors (Lipinski definition) is 3. The summed E-state index contributed by atoms with van der Waals surface area (Å²) in [5.41, 5.74) is 4.07. The van der Waals surface area contributed by atoms with E-state index in [9.17, 15) is 5.11 Å².